The number of hydrogen-bond acceptors (Lipinski definition) is 7. The number of nitro benzene ring substituents is 1. The molecule has 1 saturated heterocycles. The van der Waals surface area contributed by atoms with Crippen LogP contribution in [0.2, 0.25) is 0 Å². The molecule has 0 aromatic heterocycles. The number of nitrogens with zero attached hydrogens (tertiary/aromatic N) is 4. The van der Waals surface area contributed by atoms with Crippen LogP contribution in [0.25, 0.3) is 0 Å². The number of piperazine rings is 1. The summed E-state index contributed by atoms with van der Waals surface area (Å²) in [7, 11) is -3.76. The van der Waals surface area contributed by atoms with E-state index in [9.17, 15) is 23.3 Å². The molecule has 164 valence electrons. The number of carbonyl (C=O) groups is 1. The second-order valence-corrected chi connectivity index (χ2v) is 9.18. The molecule has 0 atom stereocenters. The number of para-hydroxylation sites is 2. The van der Waals surface area contributed by atoms with Crippen LogP contribution in [0.5, 0.6) is 0 Å². The Labute approximate surface area is 180 Å². The van der Waals surface area contributed by atoms with Crippen molar-refractivity contribution in [1.82, 2.24) is 4.90 Å². The first kappa shape index (κ1) is 21.1. The Hall–Kier alpha value is -3.18. The van der Waals surface area contributed by atoms with Gasteiger partial charge in [-0.15, -0.1) is 0 Å². The SMILES string of the molecule is NS(=O)(=O)c1ccc2c(c1)CCN2CC(=O)N1CCN(c2ccccc2[N+](=O)[O-])CC1. The van der Waals surface area contributed by atoms with Gasteiger partial charge < -0.3 is 14.7 Å². The summed E-state index contributed by atoms with van der Waals surface area (Å²) in [6.07, 6.45) is 0.650. The molecule has 0 spiro atoms. The molecule has 10 nitrogen and oxygen atoms in total. The first-order valence-corrected chi connectivity index (χ1v) is 11.5. The lowest BCUT2D eigenvalue weighted by atomic mass is 10.2. The molecule has 1 amide bonds. The van der Waals surface area contributed by atoms with Crippen LogP contribution >= 0.6 is 0 Å². The highest BCUT2D eigenvalue weighted by atomic mass is 32.2. The fraction of sp³-hybridized carbons (Fsp3) is 0.350. The lowest BCUT2D eigenvalue weighted by Gasteiger charge is -2.36. The number of hydrogen-bond donors (Lipinski definition) is 1. The number of anilines is 2. The number of carbonyl (C=O) groups excluding carboxylic acids is 1. The number of rotatable bonds is 5. The van der Waals surface area contributed by atoms with Crippen molar-refractivity contribution in [2.75, 3.05) is 49.1 Å². The number of benzene rings is 2. The van der Waals surface area contributed by atoms with Gasteiger partial charge in [0.2, 0.25) is 15.9 Å². The van der Waals surface area contributed by atoms with Crippen molar-refractivity contribution in [2.45, 2.75) is 11.3 Å². The smallest absolute Gasteiger partial charge is 0.292 e. The maximum Gasteiger partial charge on any atom is 0.292 e. The molecular weight excluding hydrogens is 422 g/mol. The van der Waals surface area contributed by atoms with Crippen molar-refractivity contribution in [1.29, 1.82) is 0 Å². The van der Waals surface area contributed by atoms with E-state index >= 15 is 0 Å². The maximum atomic E-state index is 12.9. The average Bonchev–Trinajstić information content (AvgIpc) is 3.15. The monoisotopic (exact) mass is 445 g/mol. The maximum absolute atomic E-state index is 12.9. The molecule has 2 heterocycles. The van der Waals surface area contributed by atoms with Gasteiger partial charge in [0.1, 0.15) is 5.69 Å². The molecule has 0 radical (unpaired) electrons. The highest BCUT2D eigenvalue weighted by Crippen LogP contribution is 2.31. The van der Waals surface area contributed by atoms with Gasteiger partial charge in [0.05, 0.1) is 16.4 Å². The molecule has 2 aromatic rings. The third kappa shape index (κ3) is 4.32. The van der Waals surface area contributed by atoms with Crippen molar-refractivity contribution in [2.24, 2.45) is 5.14 Å². The molecule has 2 aliphatic rings. The number of primary sulfonamides is 1. The average molecular weight is 446 g/mol. The highest BCUT2D eigenvalue weighted by Gasteiger charge is 2.28. The van der Waals surface area contributed by atoms with Gasteiger partial charge >= 0.3 is 0 Å². The first-order valence-electron chi connectivity index (χ1n) is 9.91. The van der Waals surface area contributed by atoms with Gasteiger partial charge in [-0.2, -0.15) is 0 Å². The van der Waals surface area contributed by atoms with Gasteiger partial charge in [-0.3, -0.25) is 14.9 Å². The molecule has 11 heteroatoms. The van der Waals surface area contributed by atoms with E-state index in [0.717, 1.165) is 11.3 Å². The van der Waals surface area contributed by atoms with Crippen LogP contribution < -0.4 is 14.9 Å². The lowest BCUT2D eigenvalue weighted by molar-refractivity contribution is -0.384. The summed E-state index contributed by atoms with van der Waals surface area (Å²) in [5.74, 6) is -0.0226. The summed E-state index contributed by atoms with van der Waals surface area (Å²) >= 11 is 0. The third-order valence-corrected chi connectivity index (χ3v) is 6.66. The lowest BCUT2D eigenvalue weighted by Crippen LogP contribution is -2.51. The molecule has 4 rings (SSSR count). The Morgan fingerprint density at radius 2 is 1.74 bits per heavy atom. The van der Waals surface area contributed by atoms with Crippen LogP contribution in [-0.4, -0.2) is 63.4 Å². The molecule has 0 aliphatic carbocycles. The predicted molar refractivity (Wildman–Crippen MR) is 116 cm³/mol. The summed E-state index contributed by atoms with van der Waals surface area (Å²) < 4.78 is 23.1. The van der Waals surface area contributed by atoms with E-state index in [0.29, 0.717) is 44.8 Å². The fourth-order valence-corrected chi connectivity index (χ4v) is 4.70. The van der Waals surface area contributed by atoms with Gasteiger partial charge in [-0.25, -0.2) is 13.6 Å². The van der Waals surface area contributed by atoms with Gasteiger partial charge in [-0.05, 0) is 36.2 Å². The van der Waals surface area contributed by atoms with Gasteiger partial charge in [0.25, 0.3) is 5.69 Å². The molecular formula is C20H23N5O5S. The van der Waals surface area contributed by atoms with Crippen molar-refractivity contribution in [3.63, 3.8) is 0 Å². The zero-order valence-electron chi connectivity index (χ0n) is 16.8. The Kier molecular flexibility index (Phi) is 5.54. The van der Waals surface area contributed by atoms with Crippen LogP contribution in [0.4, 0.5) is 17.1 Å². The standard InChI is InChI=1S/C20H23N5O5S/c21-31(29,30)16-5-6-17-15(13-16)7-8-24(17)14-20(26)23-11-9-22(10-12-23)18-3-1-2-4-19(18)25(27)28/h1-6,13H,7-12,14H2,(H2,21,29,30). The first-order chi connectivity index (χ1) is 14.7. The van der Waals surface area contributed by atoms with Gasteiger partial charge in [0.15, 0.2) is 0 Å². The van der Waals surface area contributed by atoms with E-state index in [4.69, 9.17) is 5.14 Å². The zero-order chi connectivity index (χ0) is 22.2. The molecule has 2 N–H and O–H groups in total. The second-order valence-electron chi connectivity index (χ2n) is 7.62. The largest absolute Gasteiger partial charge is 0.362 e. The molecule has 2 aromatic carbocycles. The van der Waals surface area contributed by atoms with Crippen molar-refractivity contribution >= 4 is 33.0 Å². The predicted octanol–water partition coefficient (Wildman–Crippen LogP) is 0.954. The molecule has 31 heavy (non-hydrogen) atoms. The molecule has 0 saturated carbocycles. The minimum Gasteiger partial charge on any atom is -0.362 e. The van der Waals surface area contributed by atoms with Crippen LogP contribution in [0.15, 0.2) is 47.4 Å². The molecule has 0 unspecified atom stereocenters. The second kappa shape index (κ2) is 8.16. The number of nitro groups is 1. The van der Waals surface area contributed by atoms with Crippen molar-refractivity contribution in [3.05, 3.63) is 58.1 Å². The van der Waals surface area contributed by atoms with Crippen molar-refractivity contribution < 1.29 is 18.1 Å². The van der Waals surface area contributed by atoms with E-state index in [1.165, 1.54) is 12.1 Å². The summed E-state index contributed by atoms with van der Waals surface area (Å²) in [6.45, 7) is 2.83. The zero-order valence-corrected chi connectivity index (χ0v) is 17.6. The minimum atomic E-state index is -3.76. The number of amides is 1. The Morgan fingerprint density at radius 1 is 1.03 bits per heavy atom. The quantitative estimate of drug-likeness (QED) is 0.536. The summed E-state index contributed by atoms with van der Waals surface area (Å²) in [5.41, 5.74) is 2.34. The van der Waals surface area contributed by atoms with E-state index < -0.39 is 10.0 Å². The molecule has 1 fully saturated rings. The van der Waals surface area contributed by atoms with E-state index in [-0.39, 0.29) is 28.0 Å². The van der Waals surface area contributed by atoms with Crippen LogP contribution in [0.1, 0.15) is 5.56 Å². The summed E-state index contributed by atoms with van der Waals surface area (Å²) in [4.78, 5) is 29.5. The van der Waals surface area contributed by atoms with E-state index in [1.807, 2.05) is 9.80 Å². The highest BCUT2D eigenvalue weighted by molar-refractivity contribution is 7.89. The Morgan fingerprint density at radius 3 is 2.42 bits per heavy atom. The normalized spacial score (nSPS) is 16.4. The third-order valence-electron chi connectivity index (χ3n) is 5.75. The van der Waals surface area contributed by atoms with E-state index in [1.54, 1.807) is 35.2 Å². The molecule has 2 aliphatic heterocycles. The summed E-state index contributed by atoms with van der Waals surface area (Å²) in [5, 5.41) is 16.5. The number of nitrogens with two attached hydrogens (primary N) is 1. The Balaban J connectivity index is 1.39. The minimum absolute atomic E-state index is 0.0226. The topological polar surface area (TPSA) is 130 Å². The van der Waals surface area contributed by atoms with Gasteiger partial charge in [-0.1, -0.05) is 12.1 Å². The number of fused-ring (bicyclic) bond motifs is 1. The summed E-state index contributed by atoms with van der Waals surface area (Å²) in [6, 6.07) is 11.4. The van der Waals surface area contributed by atoms with Crippen LogP contribution in [0.3, 0.4) is 0 Å². The van der Waals surface area contributed by atoms with Crippen LogP contribution in [0, 0.1) is 10.1 Å². The molecule has 0 bridgehead atoms. The number of sulfonamides is 1. The van der Waals surface area contributed by atoms with Gasteiger partial charge in [0, 0.05) is 44.5 Å². The van der Waals surface area contributed by atoms with E-state index in [2.05, 4.69) is 0 Å². The fourth-order valence-electron chi connectivity index (χ4n) is 4.13. The Bertz CT molecular complexity index is 1130. The van der Waals surface area contributed by atoms with Crippen molar-refractivity contribution in [3.8, 4) is 0 Å². The van der Waals surface area contributed by atoms with Crippen LogP contribution in [-0.2, 0) is 21.2 Å².